The Balaban J connectivity index is 2.19. The summed E-state index contributed by atoms with van der Waals surface area (Å²) >= 11 is 0. The molecule has 2 aromatic rings. The molecule has 84 valence electrons. The zero-order valence-corrected chi connectivity index (χ0v) is 8.95. The molecule has 0 fully saturated rings. The molecule has 0 amide bonds. The Morgan fingerprint density at radius 1 is 1.56 bits per heavy atom. The number of aryl methyl sites for hydroxylation is 2. The maximum Gasteiger partial charge on any atom is 0.303 e. The van der Waals surface area contributed by atoms with Gasteiger partial charge in [-0.05, 0) is 19.1 Å². The topological polar surface area (TPSA) is 81.8 Å². The zero-order valence-electron chi connectivity index (χ0n) is 8.95. The van der Waals surface area contributed by atoms with Crippen molar-refractivity contribution in [3.63, 3.8) is 0 Å². The number of hydrogen-bond donors (Lipinski definition) is 3. The Morgan fingerprint density at radius 3 is 3.00 bits per heavy atom. The van der Waals surface area contributed by atoms with Crippen LogP contribution in [0.2, 0.25) is 0 Å². The Hall–Kier alpha value is -2.04. The lowest BCUT2D eigenvalue weighted by molar-refractivity contribution is -0.137. The van der Waals surface area contributed by atoms with Gasteiger partial charge in [0.25, 0.3) is 0 Å². The van der Waals surface area contributed by atoms with Gasteiger partial charge in [0.15, 0.2) is 0 Å². The molecule has 0 bridgehead atoms. The van der Waals surface area contributed by atoms with Gasteiger partial charge in [-0.25, -0.2) is 4.98 Å². The SMILES string of the molecule is Cc1[nH]c(CCC(=O)O)nc1-c1ccc[nH]1. The van der Waals surface area contributed by atoms with E-state index < -0.39 is 5.97 Å². The van der Waals surface area contributed by atoms with Gasteiger partial charge in [-0.1, -0.05) is 0 Å². The summed E-state index contributed by atoms with van der Waals surface area (Å²) in [5, 5.41) is 8.59. The van der Waals surface area contributed by atoms with E-state index in [1.165, 1.54) is 0 Å². The van der Waals surface area contributed by atoms with E-state index in [1.807, 2.05) is 25.3 Å². The molecule has 0 spiro atoms. The number of aromatic nitrogens is 3. The molecule has 0 aromatic carbocycles. The molecule has 5 nitrogen and oxygen atoms in total. The summed E-state index contributed by atoms with van der Waals surface area (Å²) in [4.78, 5) is 21.0. The lowest BCUT2D eigenvalue weighted by Gasteiger charge is -1.92. The number of carboxylic acids is 1. The second-order valence-electron chi connectivity index (χ2n) is 3.63. The highest BCUT2D eigenvalue weighted by Gasteiger charge is 2.10. The largest absolute Gasteiger partial charge is 0.481 e. The summed E-state index contributed by atoms with van der Waals surface area (Å²) < 4.78 is 0. The number of aromatic amines is 2. The van der Waals surface area contributed by atoms with E-state index in [0.29, 0.717) is 12.2 Å². The van der Waals surface area contributed by atoms with Gasteiger partial charge in [0.1, 0.15) is 11.5 Å². The first-order valence-electron chi connectivity index (χ1n) is 5.08. The van der Waals surface area contributed by atoms with E-state index in [4.69, 9.17) is 5.11 Å². The maximum absolute atomic E-state index is 10.4. The number of nitrogens with zero attached hydrogens (tertiary/aromatic N) is 1. The number of aliphatic carboxylic acids is 1. The fraction of sp³-hybridized carbons (Fsp3) is 0.273. The molecule has 16 heavy (non-hydrogen) atoms. The zero-order chi connectivity index (χ0) is 11.5. The third kappa shape index (κ3) is 2.13. The van der Waals surface area contributed by atoms with Crippen LogP contribution in [0.1, 0.15) is 17.9 Å². The molecule has 2 aromatic heterocycles. The molecule has 0 radical (unpaired) electrons. The highest BCUT2D eigenvalue weighted by atomic mass is 16.4. The van der Waals surface area contributed by atoms with Gasteiger partial charge >= 0.3 is 5.97 Å². The van der Waals surface area contributed by atoms with Crippen molar-refractivity contribution >= 4 is 5.97 Å². The van der Waals surface area contributed by atoms with Crippen LogP contribution in [0.4, 0.5) is 0 Å². The van der Waals surface area contributed by atoms with Crippen LogP contribution in [0, 0.1) is 6.92 Å². The van der Waals surface area contributed by atoms with Gasteiger partial charge in [0, 0.05) is 18.3 Å². The monoisotopic (exact) mass is 219 g/mol. The minimum absolute atomic E-state index is 0.0944. The van der Waals surface area contributed by atoms with Crippen molar-refractivity contribution < 1.29 is 9.90 Å². The minimum Gasteiger partial charge on any atom is -0.481 e. The average molecular weight is 219 g/mol. The van der Waals surface area contributed by atoms with Crippen molar-refractivity contribution in [2.45, 2.75) is 19.8 Å². The van der Waals surface area contributed by atoms with Gasteiger partial charge in [-0.2, -0.15) is 0 Å². The van der Waals surface area contributed by atoms with E-state index in [9.17, 15) is 4.79 Å². The number of carboxylic acid groups (broad SMARTS) is 1. The van der Waals surface area contributed by atoms with Crippen molar-refractivity contribution in [2.75, 3.05) is 0 Å². The van der Waals surface area contributed by atoms with Gasteiger partial charge in [0.05, 0.1) is 12.1 Å². The number of nitrogens with one attached hydrogen (secondary N) is 2. The summed E-state index contributed by atoms with van der Waals surface area (Å²) in [6.45, 7) is 1.92. The molecular formula is C11H13N3O2. The Labute approximate surface area is 92.5 Å². The molecule has 0 aliphatic carbocycles. The van der Waals surface area contributed by atoms with Gasteiger partial charge < -0.3 is 15.1 Å². The molecule has 0 saturated heterocycles. The highest BCUT2D eigenvalue weighted by molar-refractivity contribution is 5.67. The molecular weight excluding hydrogens is 206 g/mol. The molecule has 0 aliphatic heterocycles. The first-order valence-corrected chi connectivity index (χ1v) is 5.08. The van der Waals surface area contributed by atoms with Gasteiger partial charge in [-0.15, -0.1) is 0 Å². The van der Waals surface area contributed by atoms with Gasteiger partial charge in [0.2, 0.25) is 0 Å². The average Bonchev–Trinajstić information content (AvgIpc) is 2.83. The molecule has 3 N–H and O–H groups in total. The van der Waals surface area contributed by atoms with Crippen LogP contribution >= 0.6 is 0 Å². The predicted molar refractivity (Wildman–Crippen MR) is 59.1 cm³/mol. The number of H-pyrrole nitrogens is 2. The number of hydrogen-bond acceptors (Lipinski definition) is 2. The van der Waals surface area contributed by atoms with Crippen LogP contribution < -0.4 is 0 Å². The Bertz CT molecular complexity index is 485. The second-order valence-corrected chi connectivity index (χ2v) is 3.63. The third-order valence-electron chi connectivity index (χ3n) is 2.36. The van der Waals surface area contributed by atoms with Crippen LogP contribution in [0.15, 0.2) is 18.3 Å². The van der Waals surface area contributed by atoms with E-state index in [2.05, 4.69) is 15.0 Å². The maximum atomic E-state index is 10.4. The summed E-state index contributed by atoms with van der Waals surface area (Å²) in [5.41, 5.74) is 2.74. The van der Waals surface area contributed by atoms with E-state index >= 15 is 0 Å². The Morgan fingerprint density at radius 2 is 2.38 bits per heavy atom. The predicted octanol–water partition coefficient (Wildman–Crippen LogP) is 1.73. The molecule has 5 heteroatoms. The van der Waals surface area contributed by atoms with Crippen LogP contribution in [-0.4, -0.2) is 26.0 Å². The van der Waals surface area contributed by atoms with Crippen molar-refractivity contribution in [3.05, 3.63) is 29.8 Å². The standard InChI is InChI=1S/C11H13N3O2/c1-7-11(8-3-2-6-12-8)14-9(13-7)4-5-10(15)16/h2-3,6,12H,4-5H2,1H3,(H,13,14)(H,15,16). The first kappa shape index (κ1) is 10.5. The summed E-state index contributed by atoms with van der Waals surface area (Å²) in [7, 11) is 0. The van der Waals surface area contributed by atoms with Crippen LogP contribution in [-0.2, 0) is 11.2 Å². The number of rotatable bonds is 4. The van der Waals surface area contributed by atoms with Crippen molar-refractivity contribution in [2.24, 2.45) is 0 Å². The number of carbonyl (C=O) groups is 1. The molecule has 2 heterocycles. The summed E-state index contributed by atoms with van der Waals surface area (Å²) in [6, 6.07) is 3.84. The third-order valence-corrected chi connectivity index (χ3v) is 2.36. The number of imidazole rings is 1. The fourth-order valence-electron chi connectivity index (χ4n) is 1.61. The lowest BCUT2D eigenvalue weighted by atomic mass is 10.3. The van der Waals surface area contributed by atoms with Crippen molar-refractivity contribution in [1.29, 1.82) is 0 Å². The minimum atomic E-state index is -0.810. The summed E-state index contributed by atoms with van der Waals surface area (Å²) in [5.74, 6) is -0.0972. The Kier molecular flexibility index (Phi) is 2.76. The van der Waals surface area contributed by atoms with E-state index in [-0.39, 0.29) is 6.42 Å². The van der Waals surface area contributed by atoms with Crippen LogP contribution in [0.25, 0.3) is 11.4 Å². The quantitative estimate of drug-likeness (QED) is 0.732. The lowest BCUT2D eigenvalue weighted by Crippen LogP contribution is -1.98. The molecule has 0 saturated carbocycles. The fourth-order valence-corrected chi connectivity index (χ4v) is 1.61. The summed E-state index contributed by atoms with van der Waals surface area (Å²) in [6.07, 6.45) is 2.36. The second kappa shape index (κ2) is 4.22. The van der Waals surface area contributed by atoms with E-state index in [1.54, 1.807) is 0 Å². The molecule has 2 rings (SSSR count). The molecule has 0 unspecified atom stereocenters. The normalized spacial score (nSPS) is 10.6. The van der Waals surface area contributed by atoms with Crippen LogP contribution in [0.3, 0.4) is 0 Å². The van der Waals surface area contributed by atoms with Crippen LogP contribution in [0.5, 0.6) is 0 Å². The van der Waals surface area contributed by atoms with Crippen molar-refractivity contribution in [3.8, 4) is 11.4 Å². The first-order chi connectivity index (χ1) is 7.66. The van der Waals surface area contributed by atoms with Gasteiger partial charge in [-0.3, -0.25) is 4.79 Å². The highest BCUT2D eigenvalue weighted by Crippen LogP contribution is 2.19. The molecule has 0 aliphatic rings. The van der Waals surface area contributed by atoms with E-state index in [0.717, 1.165) is 17.1 Å². The molecule has 0 atom stereocenters. The smallest absolute Gasteiger partial charge is 0.303 e. The van der Waals surface area contributed by atoms with Crippen molar-refractivity contribution in [1.82, 2.24) is 15.0 Å².